The fourth-order valence-corrected chi connectivity index (χ4v) is 4.38. The molecule has 3 aromatic carbocycles. The lowest BCUT2D eigenvalue weighted by atomic mass is 10.1. The van der Waals surface area contributed by atoms with Gasteiger partial charge in [0.25, 0.3) is 0 Å². The summed E-state index contributed by atoms with van der Waals surface area (Å²) in [5, 5.41) is 8.74. The molecule has 0 aliphatic heterocycles. The molecule has 0 radical (unpaired) electrons. The van der Waals surface area contributed by atoms with E-state index in [0.717, 1.165) is 28.4 Å². The van der Waals surface area contributed by atoms with Crippen molar-refractivity contribution in [2.45, 2.75) is 11.3 Å². The van der Waals surface area contributed by atoms with Gasteiger partial charge >= 0.3 is 6.18 Å². The van der Waals surface area contributed by atoms with Crippen molar-refractivity contribution in [2.24, 2.45) is 0 Å². The van der Waals surface area contributed by atoms with E-state index in [1.807, 2.05) is 18.2 Å². The van der Waals surface area contributed by atoms with Crippen LogP contribution in [-0.4, -0.2) is 26.3 Å². The van der Waals surface area contributed by atoms with Gasteiger partial charge < -0.3 is 0 Å². The van der Waals surface area contributed by atoms with E-state index in [1.54, 1.807) is 42.5 Å². The van der Waals surface area contributed by atoms with Crippen LogP contribution < -0.4 is 0 Å². The molecule has 0 N–H and O–H groups in total. The number of hydrogen-bond acceptors (Lipinski definition) is 4. The molecule has 0 saturated heterocycles. The van der Waals surface area contributed by atoms with Gasteiger partial charge in [-0.25, -0.2) is 0 Å². The second-order valence-corrected chi connectivity index (χ2v) is 8.54. The Morgan fingerprint density at radius 2 is 1.66 bits per heavy atom. The summed E-state index contributed by atoms with van der Waals surface area (Å²) in [5.41, 5.74) is 0.693. The van der Waals surface area contributed by atoms with Gasteiger partial charge in [-0.15, -0.1) is 10.2 Å². The number of thioether (sulfide) groups is 1. The molecule has 4 aromatic rings. The summed E-state index contributed by atoms with van der Waals surface area (Å²) in [7, 11) is 0. The monoisotopic (exact) mass is 517 g/mol. The van der Waals surface area contributed by atoms with Crippen LogP contribution in [0, 0.1) is 0 Å². The topological polar surface area (TPSA) is 47.8 Å². The van der Waals surface area contributed by atoms with E-state index in [2.05, 4.69) is 26.1 Å². The third-order valence-electron chi connectivity index (χ3n) is 4.61. The van der Waals surface area contributed by atoms with E-state index in [9.17, 15) is 18.0 Å². The Morgan fingerprint density at radius 1 is 0.938 bits per heavy atom. The number of carbonyl (C=O) groups excluding carboxylic acids is 1. The smallest absolute Gasteiger partial charge is 0.293 e. The first-order chi connectivity index (χ1) is 15.3. The second kappa shape index (κ2) is 9.30. The zero-order chi connectivity index (χ0) is 22.7. The van der Waals surface area contributed by atoms with Crippen molar-refractivity contribution in [3.8, 4) is 17.1 Å². The summed E-state index contributed by atoms with van der Waals surface area (Å²) in [4.78, 5) is 12.5. The normalized spacial score (nSPS) is 11.5. The van der Waals surface area contributed by atoms with Crippen LogP contribution in [0.2, 0.25) is 0 Å². The summed E-state index contributed by atoms with van der Waals surface area (Å²) in [6.07, 6.45) is -4.49. The van der Waals surface area contributed by atoms with Crippen LogP contribution in [0.1, 0.15) is 15.9 Å². The van der Waals surface area contributed by atoms with E-state index >= 15 is 0 Å². The Kier molecular flexibility index (Phi) is 6.48. The van der Waals surface area contributed by atoms with E-state index in [1.165, 1.54) is 10.6 Å². The lowest BCUT2D eigenvalue weighted by molar-refractivity contribution is -0.137. The fourth-order valence-electron chi connectivity index (χ4n) is 3.07. The van der Waals surface area contributed by atoms with Gasteiger partial charge in [0.1, 0.15) is 0 Å². The molecule has 4 rings (SSSR count). The lowest BCUT2D eigenvalue weighted by Crippen LogP contribution is -2.08. The SMILES string of the molecule is O=C(CSc1nnc(-c2ccccc2Br)n1-c1cccc(C(F)(F)F)c1)c1ccccc1. The summed E-state index contributed by atoms with van der Waals surface area (Å²) in [6.45, 7) is 0. The van der Waals surface area contributed by atoms with Gasteiger partial charge in [0.05, 0.1) is 17.0 Å². The predicted octanol–water partition coefficient (Wildman–Crippen LogP) is 6.69. The maximum Gasteiger partial charge on any atom is 0.416 e. The Labute approximate surface area is 194 Å². The number of carbonyl (C=O) groups is 1. The molecule has 4 nitrogen and oxygen atoms in total. The van der Waals surface area contributed by atoms with Gasteiger partial charge in [-0.3, -0.25) is 9.36 Å². The van der Waals surface area contributed by atoms with E-state index in [0.29, 0.717) is 22.1 Å². The van der Waals surface area contributed by atoms with Crippen LogP contribution in [0.25, 0.3) is 17.1 Å². The quantitative estimate of drug-likeness (QED) is 0.211. The number of halogens is 4. The minimum atomic E-state index is -4.49. The average molecular weight is 518 g/mol. The highest BCUT2D eigenvalue weighted by atomic mass is 79.9. The van der Waals surface area contributed by atoms with Gasteiger partial charge in [-0.05, 0) is 24.3 Å². The first-order valence-electron chi connectivity index (χ1n) is 9.43. The van der Waals surface area contributed by atoms with E-state index in [4.69, 9.17) is 0 Å². The van der Waals surface area contributed by atoms with Crippen molar-refractivity contribution in [1.82, 2.24) is 14.8 Å². The molecule has 0 aliphatic carbocycles. The first-order valence-corrected chi connectivity index (χ1v) is 11.2. The Balaban J connectivity index is 1.76. The van der Waals surface area contributed by atoms with Gasteiger partial charge in [0.2, 0.25) is 0 Å². The van der Waals surface area contributed by atoms with Crippen LogP contribution in [0.5, 0.6) is 0 Å². The van der Waals surface area contributed by atoms with Crippen molar-refractivity contribution in [3.05, 3.63) is 94.5 Å². The molecule has 32 heavy (non-hydrogen) atoms. The first kappa shape index (κ1) is 22.3. The zero-order valence-corrected chi connectivity index (χ0v) is 18.8. The highest BCUT2D eigenvalue weighted by Crippen LogP contribution is 2.35. The van der Waals surface area contributed by atoms with Gasteiger partial charge in [0.15, 0.2) is 16.8 Å². The van der Waals surface area contributed by atoms with Crippen LogP contribution >= 0.6 is 27.7 Å². The standard InChI is InChI=1S/C23H15BrF3N3OS/c24-19-12-5-4-11-18(19)21-28-29-22(32-14-20(31)15-7-2-1-3-8-15)30(21)17-10-6-9-16(13-17)23(25,26)27/h1-13H,14H2. The number of aromatic nitrogens is 3. The molecule has 1 heterocycles. The molecule has 1 aromatic heterocycles. The molecule has 0 unspecified atom stereocenters. The molecule has 0 atom stereocenters. The molecule has 0 spiro atoms. The largest absolute Gasteiger partial charge is 0.416 e. The maximum atomic E-state index is 13.3. The molecule has 162 valence electrons. The number of Topliss-reactive ketones (excluding diaryl/α,β-unsaturated/α-hetero) is 1. The van der Waals surface area contributed by atoms with Crippen LogP contribution in [0.4, 0.5) is 13.2 Å². The molecule has 0 bridgehead atoms. The molecule has 9 heteroatoms. The van der Waals surface area contributed by atoms with Crippen molar-refractivity contribution in [2.75, 3.05) is 5.75 Å². The van der Waals surface area contributed by atoms with Gasteiger partial charge in [0, 0.05) is 15.6 Å². The van der Waals surface area contributed by atoms with Crippen molar-refractivity contribution < 1.29 is 18.0 Å². The fraction of sp³-hybridized carbons (Fsp3) is 0.0870. The van der Waals surface area contributed by atoms with Crippen molar-refractivity contribution in [3.63, 3.8) is 0 Å². The Morgan fingerprint density at radius 3 is 2.38 bits per heavy atom. The van der Waals surface area contributed by atoms with E-state index < -0.39 is 11.7 Å². The number of alkyl halides is 3. The number of ketones is 1. The molecule has 0 aliphatic rings. The average Bonchev–Trinajstić information content (AvgIpc) is 3.21. The molecular formula is C23H15BrF3N3OS. The van der Waals surface area contributed by atoms with Crippen LogP contribution in [0.15, 0.2) is 88.5 Å². The summed E-state index contributed by atoms with van der Waals surface area (Å²) in [5.74, 6) is 0.319. The zero-order valence-electron chi connectivity index (χ0n) is 16.4. The highest BCUT2D eigenvalue weighted by Gasteiger charge is 2.31. The maximum absolute atomic E-state index is 13.3. The Bertz CT molecular complexity index is 1260. The Hall–Kier alpha value is -2.91. The number of rotatable bonds is 6. The second-order valence-electron chi connectivity index (χ2n) is 6.75. The number of nitrogens with zero attached hydrogens (tertiary/aromatic N) is 3. The third kappa shape index (κ3) is 4.78. The number of hydrogen-bond donors (Lipinski definition) is 0. The van der Waals surface area contributed by atoms with Crippen LogP contribution in [-0.2, 0) is 6.18 Å². The summed E-state index contributed by atoms with van der Waals surface area (Å²) in [6, 6.07) is 21.0. The van der Waals surface area contributed by atoms with Gasteiger partial charge in [-0.2, -0.15) is 13.2 Å². The molecule has 0 fully saturated rings. The van der Waals surface area contributed by atoms with E-state index in [-0.39, 0.29) is 17.2 Å². The molecular weight excluding hydrogens is 503 g/mol. The van der Waals surface area contributed by atoms with Crippen molar-refractivity contribution >= 4 is 33.5 Å². The van der Waals surface area contributed by atoms with Crippen molar-refractivity contribution in [1.29, 1.82) is 0 Å². The minimum Gasteiger partial charge on any atom is -0.293 e. The number of benzene rings is 3. The van der Waals surface area contributed by atoms with Gasteiger partial charge in [-0.1, -0.05) is 82.3 Å². The molecule has 0 amide bonds. The summed E-state index contributed by atoms with van der Waals surface area (Å²) >= 11 is 4.59. The van der Waals surface area contributed by atoms with Crippen LogP contribution in [0.3, 0.4) is 0 Å². The molecule has 0 saturated carbocycles. The lowest BCUT2D eigenvalue weighted by Gasteiger charge is -2.13. The summed E-state index contributed by atoms with van der Waals surface area (Å²) < 4.78 is 42.3. The predicted molar refractivity (Wildman–Crippen MR) is 121 cm³/mol. The highest BCUT2D eigenvalue weighted by molar-refractivity contribution is 9.10. The third-order valence-corrected chi connectivity index (χ3v) is 6.23. The minimum absolute atomic E-state index is 0.0665.